The van der Waals surface area contributed by atoms with Gasteiger partial charge in [0.2, 0.25) is 0 Å². The summed E-state index contributed by atoms with van der Waals surface area (Å²) in [6, 6.07) is 13.7. The molecule has 0 amide bonds. The van der Waals surface area contributed by atoms with Crippen LogP contribution >= 0.6 is 0 Å². The molecule has 1 heteroatoms. The molecule has 2 rings (SSSR count). The zero-order chi connectivity index (χ0) is 18.2. The molecule has 25 heavy (non-hydrogen) atoms. The Morgan fingerprint density at radius 1 is 0.920 bits per heavy atom. The monoisotopic (exact) mass is 334 g/mol. The second-order valence-electron chi connectivity index (χ2n) is 6.41. The van der Waals surface area contributed by atoms with Crippen molar-refractivity contribution >= 4 is 5.57 Å². The summed E-state index contributed by atoms with van der Waals surface area (Å²) >= 11 is 0. The van der Waals surface area contributed by atoms with Gasteiger partial charge in [-0.05, 0) is 41.2 Å². The molecular formula is C24H27F. The first-order chi connectivity index (χ1) is 12.0. The Kier molecular flexibility index (Phi) is 6.94. The molecule has 0 saturated heterocycles. The lowest BCUT2D eigenvalue weighted by atomic mass is 9.98. The van der Waals surface area contributed by atoms with E-state index in [1.807, 2.05) is 18.2 Å². The average Bonchev–Trinajstić information content (AvgIpc) is 2.61. The van der Waals surface area contributed by atoms with Gasteiger partial charge in [0, 0.05) is 5.56 Å². The normalized spacial score (nSPS) is 11.0. The number of benzene rings is 2. The average molecular weight is 334 g/mol. The molecule has 0 aliphatic rings. The van der Waals surface area contributed by atoms with Crippen molar-refractivity contribution in [3.05, 3.63) is 90.3 Å². The third-order valence-electron chi connectivity index (χ3n) is 4.23. The van der Waals surface area contributed by atoms with Gasteiger partial charge in [-0.2, -0.15) is 0 Å². The SMILES string of the molecule is C=C(/C=C\C(=C)c1ccc(-c2ccc(CCC)cc2)cc1F)CCC. The Bertz CT molecular complexity index is 763. The van der Waals surface area contributed by atoms with Gasteiger partial charge in [-0.3, -0.25) is 0 Å². The van der Waals surface area contributed by atoms with E-state index in [0.29, 0.717) is 11.1 Å². The largest absolute Gasteiger partial charge is 0.206 e. The Balaban J connectivity index is 2.17. The van der Waals surface area contributed by atoms with Crippen molar-refractivity contribution in [2.45, 2.75) is 39.5 Å². The molecule has 0 bridgehead atoms. The lowest BCUT2D eigenvalue weighted by Gasteiger charge is -2.08. The molecule has 0 heterocycles. The number of allylic oxidation sites excluding steroid dienone is 4. The van der Waals surface area contributed by atoms with E-state index in [-0.39, 0.29) is 5.82 Å². The molecule has 130 valence electrons. The fourth-order valence-electron chi connectivity index (χ4n) is 2.82. The molecule has 0 unspecified atom stereocenters. The van der Waals surface area contributed by atoms with E-state index < -0.39 is 0 Å². The highest BCUT2D eigenvalue weighted by Gasteiger charge is 2.07. The van der Waals surface area contributed by atoms with E-state index in [9.17, 15) is 4.39 Å². The van der Waals surface area contributed by atoms with Crippen LogP contribution in [-0.2, 0) is 6.42 Å². The van der Waals surface area contributed by atoms with E-state index in [2.05, 4.69) is 51.3 Å². The van der Waals surface area contributed by atoms with E-state index >= 15 is 0 Å². The maximum atomic E-state index is 14.5. The predicted molar refractivity (Wildman–Crippen MR) is 108 cm³/mol. The fourth-order valence-corrected chi connectivity index (χ4v) is 2.82. The topological polar surface area (TPSA) is 0 Å². The summed E-state index contributed by atoms with van der Waals surface area (Å²) in [5, 5.41) is 0. The van der Waals surface area contributed by atoms with Gasteiger partial charge in [0.05, 0.1) is 0 Å². The third-order valence-corrected chi connectivity index (χ3v) is 4.23. The lowest BCUT2D eigenvalue weighted by molar-refractivity contribution is 0.625. The highest BCUT2D eigenvalue weighted by molar-refractivity contribution is 5.75. The van der Waals surface area contributed by atoms with Gasteiger partial charge in [-0.25, -0.2) is 4.39 Å². The number of halogens is 1. The van der Waals surface area contributed by atoms with E-state index in [1.54, 1.807) is 12.1 Å². The standard InChI is InChI=1S/C24H27F/c1-5-7-18(3)9-10-19(4)23-16-15-22(17-24(23)25)21-13-11-20(8-6-2)12-14-21/h9-17H,3-8H2,1-2H3/b10-9-. The molecule has 0 spiro atoms. The summed E-state index contributed by atoms with van der Waals surface area (Å²) < 4.78 is 14.5. The van der Waals surface area contributed by atoms with Crippen LogP contribution in [0.3, 0.4) is 0 Å². The summed E-state index contributed by atoms with van der Waals surface area (Å²) in [6.45, 7) is 12.2. The van der Waals surface area contributed by atoms with Crippen molar-refractivity contribution in [1.82, 2.24) is 0 Å². The molecule has 0 aliphatic carbocycles. The number of aryl methyl sites for hydroxylation is 1. The highest BCUT2D eigenvalue weighted by Crippen LogP contribution is 2.26. The van der Waals surface area contributed by atoms with Gasteiger partial charge in [0.25, 0.3) is 0 Å². The molecule has 0 N–H and O–H groups in total. The maximum absolute atomic E-state index is 14.5. The fraction of sp³-hybridized carbons (Fsp3) is 0.250. The molecule has 0 aliphatic heterocycles. The van der Waals surface area contributed by atoms with E-state index in [1.165, 1.54) is 5.56 Å². The Labute approximate surface area is 151 Å². The summed E-state index contributed by atoms with van der Waals surface area (Å²) in [5.41, 5.74) is 5.47. The lowest BCUT2D eigenvalue weighted by Crippen LogP contribution is -1.89. The second-order valence-corrected chi connectivity index (χ2v) is 6.41. The first-order valence-corrected chi connectivity index (χ1v) is 8.99. The Hall–Kier alpha value is -2.41. The molecule has 0 radical (unpaired) electrons. The molecule has 0 aromatic heterocycles. The Morgan fingerprint density at radius 3 is 2.20 bits per heavy atom. The molecular weight excluding hydrogens is 307 g/mol. The molecule has 2 aromatic rings. The first-order valence-electron chi connectivity index (χ1n) is 8.99. The minimum atomic E-state index is -0.245. The minimum absolute atomic E-state index is 0.245. The smallest absolute Gasteiger partial charge is 0.131 e. The van der Waals surface area contributed by atoms with Crippen molar-refractivity contribution in [2.75, 3.05) is 0 Å². The minimum Gasteiger partial charge on any atom is -0.206 e. The molecule has 0 saturated carbocycles. The van der Waals surface area contributed by atoms with Gasteiger partial charge in [-0.1, -0.05) is 94.0 Å². The number of hydrogen-bond donors (Lipinski definition) is 0. The summed E-state index contributed by atoms with van der Waals surface area (Å²) in [5.74, 6) is -0.245. The van der Waals surface area contributed by atoms with Crippen molar-refractivity contribution in [3.8, 4) is 11.1 Å². The molecule has 0 fully saturated rings. The van der Waals surface area contributed by atoms with Crippen molar-refractivity contribution in [3.63, 3.8) is 0 Å². The van der Waals surface area contributed by atoms with Gasteiger partial charge in [0.1, 0.15) is 5.82 Å². The van der Waals surface area contributed by atoms with Crippen LogP contribution in [0.2, 0.25) is 0 Å². The van der Waals surface area contributed by atoms with Gasteiger partial charge in [0.15, 0.2) is 0 Å². The van der Waals surface area contributed by atoms with Crippen molar-refractivity contribution in [2.24, 2.45) is 0 Å². The molecule has 2 aromatic carbocycles. The third kappa shape index (κ3) is 5.29. The quantitative estimate of drug-likeness (QED) is 0.442. The van der Waals surface area contributed by atoms with Crippen LogP contribution < -0.4 is 0 Å². The Morgan fingerprint density at radius 2 is 1.60 bits per heavy atom. The van der Waals surface area contributed by atoms with Crippen LogP contribution in [0.15, 0.2) is 73.3 Å². The zero-order valence-electron chi connectivity index (χ0n) is 15.3. The first kappa shape index (κ1) is 18.9. The van der Waals surface area contributed by atoms with Crippen LogP contribution in [0.25, 0.3) is 16.7 Å². The van der Waals surface area contributed by atoms with Crippen LogP contribution in [0.1, 0.15) is 44.2 Å². The summed E-state index contributed by atoms with van der Waals surface area (Å²) in [4.78, 5) is 0. The van der Waals surface area contributed by atoms with Gasteiger partial charge < -0.3 is 0 Å². The van der Waals surface area contributed by atoms with Crippen LogP contribution in [0, 0.1) is 5.82 Å². The molecule has 0 atom stereocenters. The van der Waals surface area contributed by atoms with Crippen LogP contribution in [0.5, 0.6) is 0 Å². The van der Waals surface area contributed by atoms with E-state index in [4.69, 9.17) is 0 Å². The maximum Gasteiger partial charge on any atom is 0.131 e. The van der Waals surface area contributed by atoms with Crippen LogP contribution in [0.4, 0.5) is 4.39 Å². The van der Waals surface area contributed by atoms with E-state index in [0.717, 1.165) is 42.4 Å². The van der Waals surface area contributed by atoms with Crippen molar-refractivity contribution in [1.29, 1.82) is 0 Å². The van der Waals surface area contributed by atoms with Crippen molar-refractivity contribution < 1.29 is 4.39 Å². The van der Waals surface area contributed by atoms with Gasteiger partial charge in [-0.15, -0.1) is 0 Å². The predicted octanol–water partition coefficient (Wildman–Crippen LogP) is 7.37. The highest BCUT2D eigenvalue weighted by atomic mass is 19.1. The zero-order valence-corrected chi connectivity index (χ0v) is 15.3. The summed E-state index contributed by atoms with van der Waals surface area (Å²) in [6.07, 6.45) is 7.96. The van der Waals surface area contributed by atoms with Gasteiger partial charge >= 0.3 is 0 Å². The second kappa shape index (κ2) is 9.17. The van der Waals surface area contributed by atoms with Crippen LogP contribution in [-0.4, -0.2) is 0 Å². The number of rotatable bonds is 8. The molecule has 0 nitrogen and oxygen atoms in total. The number of hydrogen-bond acceptors (Lipinski definition) is 0. The summed E-state index contributed by atoms with van der Waals surface area (Å²) in [7, 11) is 0.